The summed E-state index contributed by atoms with van der Waals surface area (Å²) in [5.41, 5.74) is -0.528. The summed E-state index contributed by atoms with van der Waals surface area (Å²) in [4.78, 5) is 25.8. The molecule has 0 aromatic heterocycles. The summed E-state index contributed by atoms with van der Waals surface area (Å²) in [6, 6.07) is 3.23. The van der Waals surface area contributed by atoms with E-state index in [1.165, 1.54) is 11.0 Å². The van der Waals surface area contributed by atoms with Gasteiger partial charge in [-0.05, 0) is 38.5 Å². The summed E-state index contributed by atoms with van der Waals surface area (Å²) in [5, 5.41) is 2.67. The maximum Gasteiger partial charge on any atom is 0.248 e. The molecule has 1 unspecified atom stereocenters. The van der Waals surface area contributed by atoms with E-state index in [0.717, 1.165) is 12.1 Å². The van der Waals surface area contributed by atoms with Crippen molar-refractivity contribution < 1.29 is 18.4 Å². The summed E-state index contributed by atoms with van der Waals surface area (Å²) >= 11 is 0. The van der Waals surface area contributed by atoms with Gasteiger partial charge in [-0.25, -0.2) is 8.78 Å². The molecule has 0 radical (unpaired) electrons. The van der Waals surface area contributed by atoms with Gasteiger partial charge in [-0.2, -0.15) is 0 Å². The zero-order valence-corrected chi connectivity index (χ0v) is 12.2. The first kappa shape index (κ1) is 15.4. The Hall–Kier alpha value is -1.98. The fourth-order valence-electron chi connectivity index (χ4n) is 2.45. The van der Waals surface area contributed by atoms with Crippen molar-refractivity contribution in [1.82, 2.24) is 10.2 Å². The van der Waals surface area contributed by atoms with Crippen LogP contribution in [0.5, 0.6) is 0 Å². The fourth-order valence-corrected chi connectivity index (χ4v) is 2.45. The lowest BCUT2D eigenvalue weighted by molar-refractivity contribution is -0.139. The zero-order chi connectivity index (χ0) is 15.8. The number of nitrogens with one attached hydrogen (secondary N) is 1. The molecule has 4 nitrogen and oxygen atoms in total. The lowest BCUT2D eigenvalue weighted by atomic mass is 10.0. The highest BCUT2D eigenvalue weighted by Gasteiger charge is 2.39. The molecule has 1 aliphatic heterocycles. The molecule has 0 saturated carbocycles. The van der Waals surface area contributed by atoms with Gasteiger partial charge in [-0.3, -0.25) is 9.59 Å². The third-order valence-corrected chi connectivity index (χ3v) is 3.60. The first-order valence-corrected chi connectivity index (χ1v) is 6.76. The molecule has 1 atom stereocenters. The Morgan fingerprint density at radius 1 is 1.29 bits per heavy atom. The van der Waals surface area contributed by atoms with Crippen molar-refractivity contribution in [3.8, 4) is 0 Å². The Labute approximate surface area is 122 Å². The number of carbonyl (C=O) groups is 2. The predicted molar refractivity (Wildman–Crippen MR) is 73.2 cm³/mol. The van der Waals surface area contributed by atoms with E-state index < -0.39 is 17.2 Å². The molecular formula is C15H18F2N2O2. The highest BCUT2D eigenvalue weighted by Crippen LogP contribution is 2.21. The predicted octanol–water partition coefficient (Wildman–Crippen LogP) is 1.98. The standard InChI is InChI=1S/C15H18F2N2O2/c1-9-6-13(20)18-15(2,3)14(21)19(9)8-10-4-5-11(16)12(17)7-10/h4-5,7,9H,6,8H2,1-3H3,(H,18,20). The average Bonchev–Trinajstić information content (AvgIpc) is 2.43. The second kappa shape index (κ2) is 5.42. The van der Waals surface area contributed by atoms with Crippen LogP contribution in [0.25, 0.3) is 0 Å². The van der Waals surface area contributed by atoms with Crippen molar-refractivity contribution in [2.24, 2.45) is 0 Å². The number of rotatable bonds is 2. The average molecular weight is 296 g/mol. The molecule has 1 saturated heterocycles. The van der Waals surface area contributed by atoms with Crippen LogP contribution in [0.4, 0.5) is 8.78 Å². The molecular weight excluding hydrogens is 278 g/mol. The van der Waals surface area contributed by atoms with Gasteiger partial charge >= 0.3 is 0 Å². The first-order chi connectivity index (χ1) is 9.70. The lowest BCUT2D eigenvalue weighted by Crippen LogP contribution is -2.53. The van der Waals surface area contributed by atoms with Crippen LogP contribution in [0.1, 0.15) is 32.8 Å². The van der Waals surface area contributed by atoms with Crippen molar-refractivity contribution in [1.29, 1.82) is 0 Å². The molecule has 0 aliphatic carbocycles. The molecule has 1 N–H and O–H groups in total. The van der Waals surface area contributed by atoms with E-state index in [4.69, 9.17) is 0 Å². The van der Waals surface area contributed by atoms with E-state index in [0.29, 0.717) is 5.56 Å². The number of benzene rings is 1. The molecule has 1 aromatic carbocycles. The van der Waals surface area contributed by atoms with E-state index in [9.17, 15) is 18.4 Å². The molecule has 6 heteroatoms. The molecule has 1 heterocycles. The summed E-state index contributed by atoms with van der Waals surface area (Å²) in [6.07, 6.45) is 0.179. The third-order valence-electron chi connectivity index (χ3n) is 3.60. The van der Waals surface area contributed by atoms with Crippen molar-refractivity contribution in [3.05, 3.63) is 35.4 Å². The van der Waals surface area contributed by atoms with Crippen LogP contribution in [-0.4, -0.2) is 28.3 Å². The number of nitrogens with zero attached hydrogens (tertiary/aromatic N) is 1. The van der Waals surface area contributed by atoms with Gasteiger partial charge in [-0.15, -0.1) is 0 Å². The third kappa shape index (κ3) is 3.20. The quantitative estimate of drug-likeness (QED) is 0.907. The van der Waals surface area contributed by atoms with Gasteiger partial charge in [0.2, 0.25) is 11.8 Å². The highest BCUT2D eigenvalue weighted by molar-refractivity contribution is 5.93. The Kier molecular flexibility index (Phi) is 3.98. The largest absolute Gasteiger partial charge is 0.342 e. The van der Waals surface area contributed by atoms with Crippen LogP contribution in [0.15, 0.2) is 18.2 Å². The molecule has 0 bridgehead atoms. The van der Waals surface area contributed by atoms with Gasteiger partial charge in [0.25, 0.3) is 0 Å². The summed E-state index contributed by atoms with van der Waals surface area (Å²) in [7, 11) is 0. The Balaban J connectivity index is 2.29. The van der Waals surface area contributed by atoms with Crippen LogP contribution in [0, 0.1) is 11.6 Å². The van der Waals surface area contributed by atoms with E-state index >= 15 is 0 Å². The first-order valence-electron chi connectivity index (χ1n) is 6.76. The number of hydrogen-bond donors (Lipinski definition) is 1. The second-order valence-electron chi connectivity index (χ2n) is 5.91. The van der Waals surface area contributed by atoms with Gasteiger partial charge in [0.1, 0.15) is 5.54 Å². The summed E-state index contributed by atoms with van der Waals surface area (Å²) in [6.45, 7) is 5.15. The van der Waals surface area contributed by atoms with Gasteiger partial charge in [0, 0.05) is 19.0 Å². The normalized spacial score (nSPS) is 22.0. The Morgan fingerprint density at radius 2 is 1.95 bits per heavy atom. The number of carbonyl (C=O) groups excluding carboxylic acids is 2. The second-order valence-corrected chi connectivity index (χ2v) is 5.91. The minimum atomic E-state index is -1.01. The van der Waals surface area contributed by atoms with E-state index in [1.807, 2.05) is 0 Å². The summed E-state index contributed by atoms with van der Waals surface area (Å²) in [5.74, 6) is -2.32. The van der Waals surface area contributed by atoms with Crippen molar-refractivity contribution in [2.75, 3.05) is 0 Å². The number of halogens is 2. The molecule has 0 spiro atoms. The minimum absolute atomic E-state index is 0.135. The lowest BCUT2D eigenvalue weighted by Gasteiger charge is -2.32. The Morgan fingerprint density at radius 3 is 2.57 bits per heavy atom. The molecule has 1 aromatic rings. The summed E-state index contributed by atoms with van der Waals surface area (Å²) < 4.78 is 26.2. The van der Waals surface area contributed by atoms with Crippen molar-refractivity contribution in [2.45, 2.75) is 45.3 Å². The van der Waals surface area contributed by atoms with E-state index in [1.54, 1.807) is 20.8 Å². The fraction of sp³-hybridized carbons (Fsp3) is 0.467. The van der Waals surface area contributed by atoms with E-state index in [-0.39, 0.29) is 30.8 Å². The van der Waals surface area contributed by atoms with E-state index in [2.05, 4.69) is 5.32 Å². The number of hydrogen-bond acceptors (Lipinski definition) is 2. The molecule has 1 aliphatic rings. The van der Waals surface area contributed by atoms with Crippen LogP contribution < -0.4 is 5.32 Å². The molecule has 114 valence electrons. The van der Waals surface area contributed by atoms with Gasteiger partial charge < -0.3 is 10.2 Å². The van der Waals surface area contributed by atoms with Crippen LogP contribution >= 0.6 is 0 Å². The zero-order valence-electron chi connectivity index (χ0n) is 12.2. The van der Waals surface area contributed by atoms with Gasteiger partial charge in [-0.1, -0.05) is 6.07 Å². The SMILES string of the molecule is CC1CC(=O)NC(C)(C)C(=O)N1Cc1ccc(F)c(F)c1. The molecule has 1 fully saturated rings. The Bertz CT molecular complexity index is 587. The number of amides is 2. The van der Waals surface area contributed by atoms with Crippen molar-refractivity contribution in [3.63, 3.8) is 0 Å². The van der Waals surface area contributed by atoms with Crippen LogP contribution in [-0.2, 0) is 16.1 Å². The molecule has 21 heavy (non-hydrogen) atoms. The molecule has 2 amide bonds. The van der Waals surface area contributed by atoms with Gasteiger partial charge in [0.15, 0.2) is 11.6 Å². The minimum Gasteiger partial charge on any atom is -0.342 e. The van der Waals surface area contributed by atoms with Gasteiger partial charge in [0.05, 0.1) is 0 Å². The van der Waals surface area contributed by atoms with Crippen LogP contribution in [0.3, 0.4) is 0 Å². The molecule has 2 rings (SSSR count). The topological polar surface area (TPSA) is 49.4 Å². The highest BCUT2D eigenvalue weighted by atomic mass is 19.2. The maximum absolute atomic E-state index is 13.3. The maximum atomic E-state index is 13.3. The van der Waals surface area contributed by atoms with Crippen LogP contribution in [0.2, 0.25) is 0 Å². The van der Waals surface area contributed by atoms with Crippen molar-refractivity contribution >= 4 is 11.8 Å². The smallest absolute Gasteiger partial charge is 0.248 e. The monoisotopic (exact) mass is 296 g/mol.